The molecule has 0 spiro atoms. The van der Waals surface area contributed by atoms with Gasteiger partial charge in [-0.05, 0) is 34.5 Å². The highest BCUT2D eigenvalue weighted by molar-refractivity contribution is 7.18. The Morgan fingerprint density at radius 1 is 1.09 bits per heavy atom. The molecule has 112 valence electrons. The Balaban J connectivity index is 2.21. The van der Waals surface area contributed by atoms with Crippen molar-refractivity contribution in [3.63, 3.8) is 0 Å². The zero-order valence-electron chi connectivity index (χ0n) is 11.9. The van der Waals surface area contributed by atoms with Crippen molar-refractivity contribution in [2.75, 3.05) is 0 Å². The standard InChI is InChI=1S/C18H11NO3S/c20-17-13(11-4-2-1-3-5-11)10-14(18(21)22)15-16-12(7-9-23-16)6-8-19(15)17/h1-10H,(H,21,22)/p-1. The summed E-state index contributed by atoms with van der Waals surface area (Å²) in [6, 6.07) is 14.2. The van der Waals surface area contributed by atoms with E-state index in [1.165, 1.54) is 21.8 Å². The van der Waals surface area contributed by atoms with E-state index in [0.717, 1.165) is 10.1 Å². The molecule has 3 heterocycles. The van der Waals surface area contributed by atoms with Gasteiger partial charge in [0.05, 0.1) is 16.2 Å². The first-order valence-corrected chi connectivity index (χ1v) is 7.87. The van der Waals surface area contributed by atoms with Gasteiger partial charge >= 0.3 is 0 Å². The van der Waals surface area contributed by atoms with Gasteiger partial charge in [0.15, 0.2) is 0 Å². The molecule has 0 aliphatic carbocycles. The van der Waals surface area contributed by atoms with Crippen molar-refractivity contribution in [3.8, 4) is 11.1 Å². The Morgan fingerprint density at radius 2 is 1.87 bits per heavy atom. The minimum Gasteiger partial charge on any atom is -0.545 e. The lowest BCUT2D eigenvalue weighted by molar-refractivity contribution is -0.254. The normalized spacial score (nSPS) is 11.1. The Kier molecular flexibility index (Phi) is 3.02. The zero-order chi connectivity index (χ0) is 16.0. The molecule has 4 nitrogen and oxygen atoms in total. The molecule has 0 radical (unpaired) electrons. The molecule has 0 atom stereocenters. The number of carbonyl (C=O) groups excluding carboxylic acids is 1. The predicted molar refractivity (Wildman–Crippen MR) is 88.8 cm³/mol. The molecule has 0 bridgehead atoms. The Bertz CT molecular complexity index is 1110. The van der Waals surface area contributed by atoms with Gasteiger partial charge < -0.3 is 9.90 Å². The molecule has 0 unspecified atom stereocenters. The van der Waals surface area contributed by atoms with E-state index in [4.69, 9.17) is 0 Å². The van der Waals surface area contributed by atoms with Crippen LogP contribution in [0.1, 0.15) is 10.4 Å². The smallest absolute Gasteiger partial charge is 0.263 e. The summed E-state index contributed by atoms with van der Waals surface area (Å²) in [4.78, 5) is 24.5. The van der Waals surface area contributed by atoms with Crippen LogP contribution in [0.25, 0.3) is 26.7 Å². The second kappa shape index (κ2) is 5.07. The summed E-state index contributed by atoms with van der Waals surface area (Å²) in [5, 5.41) is 14.4. The number of carboxylic acids is 1. The number of carboxylic acid groups (broad SMARTS) is 1. The van der Waals surface area contributed by atoms with Crippen molar-refractivity contribution in [1.29, 1.82) is 0 Å². The van der Waals surface area contributed by atoms with E-state index >= 15 is 0 Å². The highest BCUT2D eigenvalue weighted by Crippen LogP contribution is 2.29. The highest BCUT2D eigenvalue weighted by atomic mass is 32.1. The van der Waals surface area contributed by atoms with Gasteiger partial charge in [0, 0.05) is 17.3 Å². The lowest BCUT2D eigenvalue weighted by atomic mass is 10.0. The first-order chi connectivity index (χ1) is 11.2. The average Bonchev–Trinajstić information content (AvgIpc) is 3.04. The van der Waals surface area contributed by atoms with Crippen LogP contribution in [-0.4, -0.2) is 10.4 Å². The molecule has 0 saturated heterocycles. The fourth-order valence-electron chi connectivity index (χ4n) is 2.79. The van der Waals surface area contributed by atoms with Gasteiger partial charge in [0.1, 0.15) is 0 Å². The first kappa shape index (κ1) is 13.7. The third-order valence-corrected chi connectivity index (χ3v) is 4.79. The van der Waals surface area contributed by atoms with Crippen LogP contribution < -0.4 is 10.7 Å². The average molecular weight is 320 g/mol. The Hall–Kier alpha value is -2.92. The summed E-state index contributed by atoms with van der Waals surface area (Å²) < 4.78 is 2.16. The van der Waals surface area contributed by atoms with Crippen molar-refractivity contribution in [1.82, 2.24) is 4.40 Å². The number of hydrogen-bond donors (Lipinski definition) is 0. The number of nitrogens with zero attached hydrogens (tertiary/aromatic N) is 1. The molecular formula is C18H10NO3S-. The molecule has 0 N–H and O–H groups in total. The molecule has 0 saturated carbocycles. The van der Waals surface area contributed by atoms with Crippen LogP contribution in [-0.2, 0) is 0 Å². The molecule has 3 aromatic heterocycles. The quantitative estimate of drug-likeness (QED) is 0.570. The minimum absolute atomic E-state index is 0.0245. The van der Waals surface area contributed by atoms with Crippen LogP contribution in [0.4, 0.5) is 0 Å². The highest BCUT2D eigenvalue weighted by Gasteiger charge is 2.14. The zero-order valence-corrected chi connectivity index (χ0v) is 12.7. The molecule has 4 rings (SSSR count). The second-order valence-electron chi connectivity index (χ2n) is 5.17. The molecule has 5 heteroatoms. The van der Waals surface area contributed by atoms with Crippen LogP contribution in [0.3, 0.4) is 0 Å². The van der Waals surface area contributed by atoms with E-state index in [1.54, 1.807) is 18.3 Å². The maximum atomic E-state index is 12.8. The first-order valence-electron chi connectivity index (χ1n) is 6.99. The predicted octanol–water partition coefficient (Wildman–Crippen LogP) is 2.54. The van der Waals surface area contributed by atoms with Crippen molar-refractivity contribution in [2.24, 2.45) is 0 Å². The van der Waals surface area contributed by atoms with Gasteiger partial charge in [-0.3, -0.25) is 9.20 Å². The summed E-state index contributed by atoms with van der Waals surface area (Å²) in [5.41, 5.74) is 1.20. The number of carbonyl (C=O) groups is 1. The van der Waals surface area contributed by atoms with Crippen molar-refractivity contribution < 1.29 is 9.90 Å². The number of pyridine rings is 2. The Morgan fingerprint density at radius 3 is 2.61 bits per heavy atom. The number of benzene rings is 1. The molecule has 0 aliphatic rings. The minimum atomic E-state index is -1.29. The lowest BCUT2D eigenvalue weighted by Crippen LogP contribution is -2.26. The summed E-state index contributed by atoms with van der Waals surface area (Å²) in [5.74, 6) is -1.29. The number of hydrogen-bond acceptors (Lipinski definition) is 4. The molecule has 1 aromatic carbocycles. The number of fused-ring (bicyclic) bond motifs is 3. The van der Waals surface area contributed by atoms with Gasteiger partial charge in [-0.15, -0.1) is 11.3 Å². The molecule has 0 amide bonds. The summed E-state index contributed by atoms with van der Waals surface area (Å²) in [7, 11) is 0. The van der Waals surface area contributed by atoms with Crippen LogP contribution in [0.2, 0.25) is 0 Å². The molecule has 0 fully saturated rings. The van der Waals surface area contributed by atoms with Gasteiger partial charge in [0.25, 0.3) is 5.56 Å². The fraction of sp³-hybridized carbons (Fsp3) is 0. The van der Waals surface area contributed by atoms with Gasteiger partial charge in [-0.1, -0.05) is 30.3 Å². The van der Waals surface area contributed by atoms with Gasteiger partial charge in [0.2, 0.25) is 0 Å². The van der Waals surface area contributed by atoms with Gasteiger partial charge in [-0.25, -0.2) is 0 Å². The van der Waals surface area contributed by atoms with Crippen molar-refractivity contribution in [2.45, 2.75) is 0 Å². The van der Waals surface area contributed by atoms with Crippen LogP contribution in [0.5, 0.6) is 0 Å². The van der Waals surface area contributed by atoms with E-state index in [2.05, 4.69) is 0 Å². The van der Waals surface area contributed by atoms with E-state index in [9.17, 15) is 14.7 Å². The van der Waals surface area contributed by atoms with E-state index < -0.39 is 5.97 Å². The number of aromatic nitrogens is 1. The number of thiophene rings is 1. The topological polar surface area (TPSA) is 61.6 Å². The second-order valence-corrected chi connectivity index (χ2v) is 6.09. The van der Waals surface area contributed by atoms with Crippen LogP contribution in [0, 0.1) is 0 Å². The lowest BCUT2D eigenvalue weighted by Gasteiger charge is -2.12. The van der Waals surface area contributed by atoms with Gasteiger partial charge in [-0.2, -0.15) is 0 Å². The molecule has 23 heavy (non-hydrogen) atoms. The summed E-state index contributed by atoms with van der Waals surface area (Å²) in [6.07, 6.45) is 1.62. The molecule has 0 aliphatic heterocycles. The van der Waals surface area contributed by atoms with Crippen LogP contribution in [0.15, 0.2) is 64.9 Å². The summed E-state index contributed by atoms with van der Waals surface area (Å²) >= 11 is 1.41. The maximum absolute atomic E-state index is 12.8. The van der Waals surface area contributed by atoms with Crippen molar-refractivity contribution in [3.05, 3.63) is 76.0 Å². The van der Waals surface area contributed by atoms with Crippen molar-refractivity contribution >= 4 is 32.9 Å². The monoisotopic (exact) mass is 320 g/mol. The van der Waals surface area contributed by atoms with E-state index in [0.29, 0.717) is 16.6 Å². The third kappa shape index (κ3) is 2.05. The molecular weight excluding hydrogens is 310 g/mol. The number of rotatable bonds is 2. The van der Waals surface area contributed by atoms with E-state index in [-0.39, 0.29) is 11.1 Å². The third-order valence-electron chi connectivity index (χ3n) is 3.85. The summed E-state index contributed by atoms with van der Waals surface area (Å²) in [6.45, 7) is 0. The largest absolute Gasteiger partial charge is 0.545 e. The Labute approximate surface area is 134 Å². The van der Waals surface area contributed by atoms with Crippen LogP contribution >= 0.6 is 11.3 Å². The number of aromatic carboxylic acids is 1. The van der Waals surface area contributed by atoms with E-state index in [1.807, 2.05) is 35.7 Å². The SMILES string of the molecule is O=C([O-])c1cc(-c2ccccc2)c(=O)n2ccc3ccsc3c12. The molecule has 4 aromatic rings. The maximum Gasteiger partial charge on any atom is 0.263 e. The fourth-order valence-corrected chi connectivity index (χ4v) is 3.73.